The molecule has 1 atom stereocenters. The molecule has 2 aromatic carbocycles. The van der Waals surface area contributed by atoms with Gasteiger partial charge in [0.05, 0.1) is 5.02 Å². The molecule has 5 heteroatoms. The van der Waals surface area contributed by atoms with Crippen molar-refractivity contribution in [2.24, 2.45) is 0 Å². The monoisotopic (exact) mass is 296 g/mol. The largest absolute Gasteiger partial charge is 0.478 e. The van der Waals surface area contributed by atoms with E-state index in [1.54, 1.807) is 42.5 Å². The molecule has 0 unspecified atom stereocenters. The van der Waals surface area contributed by atoms with E-state index in [4.69, 9.17) is 27.9 Å². The van der Waals surface area contributed by atoms with Gasteiger partial charge in [-0.3, -0.25) is 0 Å². The molecular formula is C14H10Cl2O3. The Morgan fingerprint density at radius 2 is 1.79 bits per heavy atom. The van der Waals surface area contributed by atoms with Crippen LogP contribution in [0.2, 0.25) is 10.0 Å². The van der Waals surface area contributed by atoms with Gasteiger partial charge in [0.15, 0.2) is 0 Å². The molecule has 3 nitrogen and oxygen atoms in total. The molecule has 0 saturated carbocycles. The molecule has 0 amide bonds. The minimum Gasteiger partial charge on any atom is -0.478 e. The summed E-state index contributed by atoms with van der Waals surface area (Å²) in [6, 6.07) is 13.3. The molecule has 0 radical (unpaired) electrons. The van der Waals surface area contributed by atoms with Gasteiger partial charge in [0.1, 0.15) is 5.75 Å². The number of hydrogen-bond acceptors (Lipinski definition) is 2. The van der Waals surface area contributed by atoms with Crippen molar-refractivity contribution in [3.05, 3.63) is 64.1 Å². The SMILES string of the molecule is O=C(O)[C@@H](Oc1cc(Cl)ccc1Cl)c1ccccc1. The van der Waals surface area contributed by atoms with E-state index in [2.05, 4.69) is 0 Å². The molecule has 1 N–H and O–H groups in total. The van der Waals surface area contributed by atoms with Gasteiger partial charge in [-0.05, 0) is 12.1 Å². The molecule has 2 rings (SSSR count). The van der Waals surface area contributed by atoms with Gasteiger partial charge in [0.2, 0.25) is 6.10 Å². The van der Waals surface area contributed by atoms with Crippen LogP contribution in [-0.2, 0) is 4.79 Å². The van der Waals surface area contributed by atoms with Crippen molar-refractivity contribution < 1.29 is 14.6 Å². The molecule has 0 aliphatic carbocycles. The maximum Gasteiger partial charge on any atom is 0.349 e. The van der Waals surface area contributed by atoms with E-state index < -0.39 is 12.1 Å². The Balaban J connectivity index is 2.32. The lowest BCUT2D eigenvalue weighted by Crippen LogP contribution is -2.18. The van der Waals surface area contributed by atoms with Crippen LogP contribution in [0, 0.1) is 0 Å². The Labute approximate surface area is 120 Å². The summed E-state index contributed by atoms with van der Waals surface area (Å²) in [4.78, 5) is 11.3. The number of carboxylic acid groups (broad SMARTS) is 1. The summed E-state index contributed by atoms with van der Waals surface area (Å²) < 4.78 is 5.46. The number of halogens is 2. The lowest BCUT2D eigenvalue weighted by atomic mass is 10.1. The highest BCUT2D eigenvalue weighted by Gasteiger charge is 2.22. The highest BCUT2D eigenvalue weighted by Crippen LogP contribution is 2.31. The summed E-state index contributed by atoms with van der Waals surface area (Å²) in [5.74, 6) is -0.854. The predicted octanol–water partition coefficient (Wildman–Crippen LogP) is 4.20. The second kappa shape index (κ2) is 5.95. The van der Waals surface area contributed by atoms with Crippen molar-refractivity contribution in [1.82, 2.24) is 0 Å². The van der Waals surface area contributed by atoms with E-state index in [0.717, 1.165) is 0 Å². The Morgan fingerprint density at radius 1 is 1.11 bits per heavy atom. The van der Waals surface area contributed by atoms with Crippen LogP contribution in [0.25, 0.3) is 0 Å². The van der Waals surface area contributed by atoms with Crippen LogP contribution < -0.4 is 4.74 Å². The van der Waals surface area contributed by atoms with E-state index in [-0.39, 0.29) is 5.75 Å². The van der Waals surface area contributed by atoms with Gasteiger partial charge >= 0.3 is 5.97 Å². The summed E-state index contributed by atoms with van der Waals surface area (Å²) in [6.45, 7) is 0. The summed E-state index contributed by atoms with van der Waals surface area (Å²) in [5, 5.41) is 9.99. The molecule has 0 fully saturated rings. The molecule has 98 valence electrons. The van der Waals surface area contributed by atoms with E-state index in [1.807, 2.05) is 0 Å². The predicted molar refractivity (Wildman–Crippen MR) is 73.9 cm³/mol. The van der Waals surface area contributed by atoms with Gasteiger partial charge in [0.25, 0.3) is 0 Å². The maximum atomic E-state index is 11.3. The molecule has 0 aliphatic rings. The number of rotatable bonds is 4. The molecule has 0 saturated heterocycles. The summed E-state index contributed by atoms with van der Waals surface area (Å²) in [7, 11) is 0. The quantitative estimate of drug-likeness (QED) is 0.920. The summed E-state index contributed by atoms with van der Waals surface area (Å²) >= 11 is 11.8. The van der Waals surface area contributed by atoms with Crippen LogP contribution in [0.5, 0.6) is 5.75 Å². The smallest absolute Gasteiger partial charge is 0.349 e. The van der Waals surface area contributed by atoms with Crippen molar-refractivity contribution in [3.8, 4) is 5.75 Å². The highest BCUT2D eigenvalue weighted by atomic mass is 35.5. The standard InChI is InChI=1S/C14H10Cl2O3/c15-10-6-7-11(16)12(8-10)19-13(14(17)18)9-4-2-1-3-5-9/h1-8,13H,(H,17,18)/t13-/m0/s1. The fourth-order valence-corrected chi connectivity index (χ4v) is 1.91. The van der Waals surface area contributed by atoms with Gasteiger partial charge in [-0.2, -0.15) is 0 Å². The van der Waals surface area contributed by atoms with Crippen molar-refractivity contribution in [3.63, 3.8) is 0 Å². The summed E-state index contributed by atoms with van der Waals surface area (Å²) in [6.07, 6.45) is -1.13. The van der Waals surface area contributed by atoms with Crippen molar-refractivity contribution in [2.75, 3.05) is 0 Å². The number of aliphatic carboxylic acids is 1. The zero-order valence-corrected chi connectivity index (χ0v) is 11.2. The van der Waals surface area contributed by atoms with Gasteiger partial charge in [-0.1, -0.05) is 53.5 Å². The molecule has 0 aromatic heterocycles. The number of carbonyl (C=O) groups is 1. The van der Waals surface area contributed by atoms with Gasteiger partial charge < -0.3 is 9.84 Å². The molecule has 0 heterocycles. The zero-order valence-electron chi connectivity index (χ0n) is 9.72. The van der Waals surface area contributed by atoms with E-state index in [9.17, 15) is 9.90 Å². The molecule has 19 heavy (non-hydrogen) atoms. The first-order valence-corrected chi connectivity index (χ1v) is 6.23. The molecule has 2 aromatic rings. The minimum atomic E-state index is -1.13. The van der Waals surface area contributed by atoms with Gasteiger partial charge in [-0.25, -0.2) is 4.79 Å². The molecular weight excluding hydrogens is 287 g/mol. The van der Waals surface area contributed by atoms with Crippen LogP contribution in [-0.4, -0.2) is 11.1 Å². The molecule has 0 bridgehead atoms. The first-order valence-electron chi connectivity index (χ1n) is 5.47. The number of hydrogen-bond donors (Lipinski definition) is 1. The fourth-order valence-electron chi connectivity index (χ4n) is 1.58. The van der Waals surface area contributed by atoms with Crippen molar-refractivity contribution in [2.45, 2.75) is 6.10 Å². The third-order valence-electron chi connectivity index (χ3n) is 2.46. The molecule has 0 spiro atoms. The second-order valence-corrected chi connectivity index (χ2v) is 4.67. The van der Waals surface area contributed by atoms with Gasteiger partial charge in [-0.15, -0.1) is 0 Å². The molecule has 0 aliphatic heterocycles. The van der Waals surface area contributed by atoms with Crippen LogP contribution >= 0.6 is 23.2 Å². The van der Waals surface area contributed by atoms with E-state index >= 15 is 0 Å². The zero-order chi connectivity index (χ0) is 13.8. The first-order chi connectivity index (χ1) is 9.08. The highest BCUT2D eigenvalue weighted by molar-refractivity contribution is 6.34. The Hall–Kier alpha value is -1.71. The lowest BCUT2D eigenvalue weighted by Gasteiger charge is -2.16. The number of ether oxygens (including phenoxy) is 1. The van der Waals surface area contributed by atoms with Crippen LogP contribution in [0.3, 0.4) is 0 Å². The lowest BCUT2D eigenvalue weighted by molar-refractivity contribution is -0.145. The fraction of sp³-hybridized carbons (Fsp3) is 0.0714. The Morgan fingerprint density at radius 3 is 2.42 bits per heavy atom. The Kier molecular flexibility index (Phi) is 4.30. The van der Waals surface area contributed by atoms with E-state index in [1.165, 1.54) is 6.07 Å². The van der Waals surface area contributed by atoms with Crippen LogP contribution in [0.15, 0.2) is 48.5 Å². The van der Waals surface area contributed by atoms with Crippen molar-refractivity contribution in [1.29, 1.82) is 0 Å². The second-order valence-electron chi connectivity index (χ2n) is 3.82. The minimum absolute atomic E-state index is 0.241. The third kappa shape index (κ3) is 3.40. The number of carboxylic acids is 1. The van der Waals surface area contributed by atoms with Crippen LogP contribution in [0.1, 0.15) is 11.7 Å². The topological polar surface area (TPSA) is 46.5 Å². The average Bonchev–Trinajstić information content (AvgIpc) is 2.40. The van der Waals surface area contributed by atoms with Crippen LogP contribution in [0.4, 0.5) is 0 Å². The average molecular weight is 297 g/mol. The normalized spacial score (nSPS) is 11.9. The number of benzene rings is 2. The third-order valence-corrected chi connectivity index (χ3v) is 3.01. The Bertz CT molecular complexity index is 584. The first kappa shape index (κ1) is 13.7. The van der Waals surface area contributed by atoms with Gasteiger partial charge in [0, 0.05) is 16.7 Å². The summed E-state index contributed by atoms with van der Waals surface area (Å²) in [5.41, 5.74) is 0.533. The van der Waals surface area contributed by atoms with Crippen molar-refractivity contribution >= 4 is 29.2 Å². The van der Waals surface area contributed by atoms with E-state index in [0.29, 0.717) is 15.6 Å². The maximum absolute atomic E-state index is 11.3.